The monoisotopic (exact) mass is 387 g/mol. The van der Waals surface area contributed by atoms with Gasteiger partial charge >= 0.3 is 5.97 Å². The molecule has 28 heavy (non-hydrogen) atoms. The van der Waals surface area contributed by atoms with Crippen LogP contribution in [0, 0.1) is 0 Å². The third-order valence-corrected chi connectivity index (χ3v) is 5.05. The molecule has 0 fully saturated rings. The predicted molar refractivity (Wildman–Crippen MR) is 102 cm³/mol. The van der Waals surface area contributed by atoms with E-state index in [0.29, 0.717) is 28.8 Å². The van der Waals surface area contributed by atoms with Gasteiger partial charge in [0.15, 0.2) is 17.3 Å². The van der Waals surface area contributed by atoms with Gasteiger partial charge in [-0.15, -0.1) is 0 Å². The summed E-state index contributed by atoms with van der Waals surface area (Å²) in [7, 11) is 2.99. The molecule has 150 valence electrons. The van der Waals surface area contributed by atoms with Crippen molar-refractivity contribution in [2.45, 2.75) is 32.1 Å². The van der Waals surface area contributed by atoms with Crippen LogP contribution in [0.25, 0.3) is 0 Å². The SMILES string of the molecule is COCCOC(=O)C1=C(C)NC2=C(C(=O)CCC2)C1c1ccc(O)c(OC)c1. The summed E-state index contributed by atoms with van der Waals surface area (Å²) < 4.78 is 15.5. The number of benzene rings is 1. The topological polar surface area (TPSA) is 94.1 Å². The first kappa shape index (κ1) is 19.9. The Morgan fingerprint density at radius 3 is 2.75 bits per heavy atom. The maximum absolute atomic E-state index is 12.9. The van der Waals surface area contributed by atoms with Crippen LogP contribution in [-0.2, 0) is 19.1 Å². The Kier molecular flexibility index (Phi) is 6.04. The minimum absolute atomic E-state index is 0.00530. The largest absolute Gasteiger partial charge is 0.504 e. The first-order chi connectivity index (χ1) is 13.5. The van der Waals surface area contributed by atoms with Crippen LogP contribution < -0.4 is 10.1 Å². The van der Waals surface area contributed by atoms with Crippen molar-refractivity contribution in [1.29, 1.82) is 0 Å². The zero-order chi connectivity index (χ0) is 20.3. The number of nitrogens with one attached hydrogen (secondary N) is 1. The van der Waals surface area contributed by atoms with E-state index in [1.165, 1.54) is 20.3 Å². The van der Waals surface area contributed by atoms with Gasteiger partial charge in [-0.3, -0.25) is 4.79 Å². The number of carbonyl (C=O) groups is 2. The molecule has 1 aromatic carbocycles. The van der Waals surface area contributed by atoms with Crippen LogP contribution in [0.3, 0.4) is 0 Å². The summed E-state index contributed by atoms with van der Waals surface area (Å²) >= 11 is 0. The molecule has 1 aliphatic carbocycles. The summed E-state index contributed by atoms with van der Waals surface area (Å²) in [5, 5.41) is 13.2. The van der Waals surface area contributed by atoms with Gasteiger partial charge in [-0.05, 0) is 37.5 Å². The maximum atomic E-state index is 12.9. The second-order valence-corrected chi connectivity index (χ2v) is 6.83. The number of allylic oxidation sites excluding steroid dienone is 3. The molecule has 0 saturated carbocycles. The summed E-state index contributed by atoms with van der Waals surface area (Å²) in [6, 6.07) is 4.87. The van der Waals surface area contributed by atoms with Crippen molar-refractivity contribution in [2.75, 3.05) is 27.4 Å². The molecular formula is C21H25NO6. The van der Waals surface area contributed by atoms with Gasteiger partial charge in [0.25, 0.3) is 0 Å². The lowest BCUT2D eigenvalue weighted by Gasteiger charge is -2.34. The van der Waals surface area contributed by atoms with E-state index in [4.69, 9.17) is 14.2 Å². The highest BCUT2D eigenvalue weighted by Gasteiger charge is 2.39. The van der Waals surface area contributed by atoms with Gasteiger partial charge < -0.3 is 24.6 Å². The lowest BCUT2D eigenvalue weighted by molar-refractivity contribution is -0.140. The summed E-state index contributed by atoms with van der Waals surface area (Å²) in [4.78, 5) is 25.7. The number of Topliss-reactive ketones (excluding diaryl/α,β-unsaturated/α-hetero) is 1. The predicted octanol–water partition coefficient (Wildman–Crippen LogP) is 2.56. The zero-order valence-corrected chi connectivity index (χ0v) is 16.3. The zero-order valence-electron chi connectivity index (χ0n) is 16.3. The van der Waals surface area contributed by atoms with E-state index in [0.717, 1.165) is 18.5 Å². The molecule has 1 heterocycles. The molecule has 0 radical (unpaired) electrons. The molecule has 2 aliphatic rings. The van der Waals surface area contributed by atoms with Gasteiger partial charge in [0.05, 0.1) is 19.3 Å². The van der Waals surface area contributed by atoms with E-state index >= 15 is 0 Å². The fourth-order valence-electron chi connectivity index (χ4n) is 3.76. The number of ketones is 1. The minimum Gasteiger partial charge on any atom is -0.504 e. The molecule has 1 aromatic rings. The van der Waals surface area contributed by atoms with Crippen molar-refractivity contribution in [1.82, 2.24) is 5.32 Å². The number of rotatable bonds is 6. The van der Waals surface area contributed by atoms with Crippen molar-refractivity contribution in [2.24, 2.45) is 0 Å². The van der Waals surface area contributed by atoms with Gasteiger partial charge in [0.2, 0.25) is 0 Å². The van der Waals surface area contributed by atoms with Crippen molar-refractivity contribution in [3.8, 4) is 11.5 Å². The molecule has 3 rings (SSSR count). The minimum atomic E-state index is -0.575. The van der Waals surface area contributed by atoms with E-state index in [1.54, 1.807) is 19.1 Å². The molecule has 0 aromatic heterocycles. The van der Waals surface area contributed by atoms with Crippen molar-refractivity contribution < 1.29 is 28.9 Å². The number of ether oxygens (including phenoxy) is 3. The van der Waals surface area contributed by atoms with Crippen LogP contribution in [0.5, 0.6) is 11.5 Å². The van der Waals surface area contributed by atoms with Gasteiger partial charge in [-0.1, -0.05) is 6.07 Å². The lowest BCUT2D eigenvalue weighted by Crippen LogP contribution is -2.34. The number of carbonyl (C=O) groups excluding carboxylic acids is 2. The molecule has 7 nitrogen and oxygen atoms in total. The van der Waals surface area contributed by atoms with Crippen LogP contribution in [-0.4, -0.2) is 44.3 Å². The smallest absolute Gasteiger partial charge is 0.336 e. The van der Waals surface area contributed by atoms with Crippen molar-refractivity contribution in [3.05, 3.63) is 46.3 Å². The number of phenolic OH excluding ortho intramolecular Hbond substituents is 1. The number of methoxy groups -OCH3 is 2. The van der Waals surface area contributed by atoms with Crippen LogP contribution in [0.2, 0.25) is 0 Å². The standard InChI is InChI=1S/C21H25NO6/c1-12-18(21(25)28-10-9-26-2)19(13-7-8-15(23)17(11-13)27-3)20-14(22-12)5-4-6-16(20)24/h7-8,11,19,22-23H,4-6,9-10H2,1-3H3. The van der Waals surface area contributed by atoms with Gasteiger partial charge in [-0.25, -0.2) is 4.79 Å². The summed E-state index contributed by atoms with van der Waals surface area (Å²) in [5.74, 6) is -0.779. The first-order valence-corrected chi connectivity index (χ1v) is 9.25. The van der Waals surface area contributed by atoms with Gasteiger partial charge in [0.1, 0.15) is 6.61 Å². The summed E-state index contributed by atoms with van der Waals surface area (Å²) in [6.45, 7) is 2.22. The average molecular weight is 387 g/mol. The maximum Gasteiger partial charge on any atom is 0.336 e. The molecular weight excluding hydrogens is 362 g/mol. The molecule has 0 saturated heterocycles. The number of hydrogen-bond acceptors (Lipinski definition) is 7. The molecule has 0 amide bonds. The van der Waals surface area contributed by atoms with Crippen LogP contribution in [0.15, 0.2) is 40.7 Å². The second kappa shape index (κ2) is 8.48. The molecule has 1 atom stereocenters. The quantitative estimate of drug-likeness (QED) is 0.572. The van der Waals surface area contributed by atoms with E-state index in [2.05, 4.69) is 5.32 Å². The fraction of sp³-hybridized carbons (Fsp3) is 0.429. The van der Waals surface area contributed by atoms with Gasteiger partial charge in [-0.2, -0.15) is 0 Å². The molecule has 2 N–H and O–H groups in total. The average Bonchev–Trinajstić information content (AvgIpc) is 2.67. The highest BCUT2D eigenvalue weighted by Crippen LogP contribution is 2.44. The highest BCUT2D eigenvalue weighted by molar-refractivity contribution is 6.03. The van der Waals surface area contributed by atoms with Crippen LogP contribution in [0.1, 0.15) is 37.7 Å². The van der Waals surface area contributed by atoms with E-state index < -0.39 is 11.9 Å². The number of esters is 1. The summed E-state index contributed by atoms with van der Waals surface area (Å²) in [6.07, 6.45) is 1.96. The molecule has 1 aliphatic heterocycles. The number of phenols is 1. The van der Waals surface area contributed by atoms with E-state index in [1.807, 2.05) is 0 Å². The Morgan fingerprint density at radius 1 is 1.25 bits per heavy atom. The Hall–Kier alpha value is -2.80. The third kappa shape index (κ3) is 3.75. The Labute approximate surface area is 164 Å². The second-order valence-electron chi connectivity index (χ2n) is 6.83. The van der Waals surface area contributed by atoms with E-state index in [9.17, 15) is 14.7 Å². The molecule has 7 heteroatoms. The normalized spacial score (nSPS) is 19.2. The number of dihydropyridines is 1. The third-order valence-electron chi connectivity index (χ3n) is 5.05. The van der Waals surface area contributed by atoms with Gasteiger partial charge in [0, 0.05) is 36.4 Å². The molecule has 1 unspecified atom stereocenters. The molecule has 0 spiro atoms. The number of aromatic hydroxyl groups is 1. The molecule has 0 bridgehead atoms. The Morgan fingerprint density at radius 2 is 2.04 bits per heavy atom. The highest BCUT2D eigenvalue weighted by atomic mass is 16.6. The van der Waals surface area contributed by atoms with Crippen LogP contribution >= 0.6 is 0 Å². The lowest BCUT2D eigenvalue weighted by atomic mass is 9.75. The number of hydrogen-bond donors (Lipinski definition) is 2. The summed E-state index contributed by atoms with van der Waals surface area (Å²) in [5.41, 5.74) is 3.17. The van der Waals surface area contributed by atoms with Crippen molar-refractivity contribution >= 4 is 11.8 Å². The Balaban J connectivity index is 2.09. The first-order valence-electron chi connectivity index (χ1n) is 9.25. The fourth-order valence-corrected chi connectivity index (χ4v) is 3.76. The Bertz CT molecular complexity index is 854. The van der Waals surface area contributed by atoms with Crippen LogP contribution in [0.4, 0.5) is 0 Å². The van der Waals surface area contributed by atoms with E-state index in [-0.39, 0.29) is 30.5 Å². The van der Waals surface area contributed by atoms with Crippen molar-refractivity contribution in [3.63, 3.8) is 0 Å².